The minimum absolute atomic E-state index is 0.820. The summed E-state index contributed by atoms with van der Waals surface area (Å²) in [4.78, 5) is 0. The fourth-order valence-corrected chi connectivity index (χ4v) is 2.26. The predicted octanol–water partition coefficient (Wildman–Crippen LogP) is 5.77. The zero-order valence-electron chi connectivity index (χ0n) is 12.4. The number of anilines is 1. The first-order valence-corrected chi connectivity index (χ1v) is 7.21. The fourth-order valence-electron chi connectivity index (χ4n) is 2.26. The summed E-state index contributed by atoms with van der Waals surface area (Å²) in [5.41, 5.74) is 8.34. The summed E-state index contributed by atoms with van der Waals surface area (Å²) in [7, 11) is 0. The molecule has 0 saturated carbocycles. The number of benzene rings is 3. The van der Waals surface area contributed by atoms with Crippen molar-refractivity contribution in [3.63, 3.8) is 0 Å². The first-order valence-electron chi connectivity index (χ1n) is 7.21. The molecule has 0 amide bonds. The van der Waals surface area contributed by atoms with E-state index in [-0.39, 0.29) is 0 Å². The lowest BCUT2D eigenvalue weighted by Crippen LogP contribution is -1.84. The third-order valence-electron chi connectivity index (χ3n) is 3.44. The zero-order valence-corrected chi connectivity index (χ0v) is 12.4. The Morgan fingerprint density at radius 2 is 1.41 bits per heavy atom. The van der Waals surface area contributed by atoms with Crippen molar-refractivity contribution >= 4 is 11.4 Å². The predicted molar refractivity (Wildman–Crippen MR) is 91.2 cm³/mol. The highest BCUT2D eigenvalue weighted by Gasteiger charge is 2.00. The van der Waals surface area contributed by atoms with Crippen LogP contribution >= 0.6 is 0 Å². The number of nitrogens with zero attached hydrogens (tertiary/aromatic N) is 2. The molecule has 0 heterocycles. The van der Waals surface area contributed by atoms with Gasteiger partial charge in [0, 0.05) is 0 Å². The maximum absolute atomic E-state index is 4.17. The molecule has 3 rings (SSSR count). The standard InChI is InChI=1S/C19H17N3/c1-15-7-5-6-10-19(15)16-11-13-18(14-12-16)21-22-20-17-8-3-2-4-9-17/h2-14H,1H3,(H,20,21). The number of hydrogen-bond donors (Lipinski definition) is 1. The van der Waals surface area contributed by atoms with Gasteiger partial charge in [0.2, 0.25) is 0 Å². The lowest BCUT2D eigenvalue weighted by Gasteiger charge is -2.05. The first kappa shape index (κ1) is 14.0. The van der Waals surface area contributed by atoms with Crippen LogP contribution in [0.4, 0.5) is 11.4 Å². The van der Waals surface area contributed by atoms with Crippen molar-refractivity contribution < 1.29 is 0 Å². The van der Waals surface area contributed by atoms with Crippen molar-refractivity contribution in [3.8, 4) is 11.1 Å². The molecule has 0 aromatic heterocycles. The molecule has 0 saturated heterocycles. The fraction of sp³-hybridized carbons (Fsp3) is 0.0526. The van der Waals surface area contributed by atoms with E-state index in [9.17, 15) is 0 Å². The molecule has 3 heteroatoms. The molecular formula is C19H17N3. The molecule has 22 heavy (non-hydrogen) atoms. The van der Waals surface area contributed by atoms with Gasteiger partial charge in [0.15, 0.2) is 0 Å². The van der Waals surface area contributed by atoms with Crippen LogP contribution in [0.2, 0.25) is 0 Å². The van der Waals surface area contributed by atoms with E-state index in [0.717, 1.165) is 11.4 Å². The molecule has 3 nitrogen and oxygen atoms in total. The number of hydrogen-bond acceptors (Lipinski definition) is 2. The van der Waals surface area contributed by atoms with Gasteiger partial charge in [-0.3, -0.25) is 5.43 Å². The lowest BCUT2D eigenvalue weighted by molar-refractivity contribution is 1.13. The van der Waals surface area contributed by atoms with Crippen molar-refractivity contribution in [3.05, 3.63) is 84.4 Å². The maximum Gasteiger partial charge on any atom is 0.0874 e. The third-order valence-corrected chi connectivity index (χ3v) is 3.44. The highest BCUT2D eigenvalue weighted by atomic mass is 15.4. The Morgan fingerprint density at radius 3 is 2.14 bits per heavy atom. The molecule has 0 aliphatic carbocycles. The first-order chi connectivity index (χ1) is 10.8. The summed E-state index contributed by atoms with van der Waals surface area (Å²) in [6.07, 6.45) is 0. The van der Waals surface area contributed by atoms with Crippen molar-refractivity contribution in [2.24, 2.45) is 10.3 Å². The van der Waals surface area contributed by atoms with Crippen molar-refractivity contribution in [1.29, 1.82) is 0 Å². The van der Waals surface area contributed by atoms with Crippen LogP contribution in [-0.4, -0.2) is 0 Å². The topological polar surface area (TPSA) is 36.8 Å². The van der Waals surface area contributed by atoms with Gasteiger partial charge < -0.3 is 0 Å². The smallest absolute Gasteiger partial charge is 0.0874 e. The summed E-state index contributed by atoms with van der Waals surface area (Å²) < 4.78 is 0. The molecule has 0 bridgehead atoms. The molecule has 0 aliphatic rings. The second-order valence-electron chi connectivity index (χ2n) is 5.04. The Kier molecular flexibility index (Phi) is 4.25. The molecule has 0 fully saturated rings. The quantitative estimate of drug-likeness (QED) is 0.479. The Balaban J connectivity index is 1.71. The van der Waals surface area contributed by atoms with E-state index in [1.54, 1.807) is 0 Å². The van der Waals surface area contributed by atoms with E-state index in [1.807, 2.05) is 42.5 Å². The van der Waals surface area contributed by atoms with Crippen LogP contribution in [0.3, 0.4) is 0 Å². The molecule has 0 atom stereocenters. The van der Waals surface area contributed by atoms with Crippen molar-refractivity contribution in [2.75, 3.05) is 5.43 Å². The van der Waals surface area contributed by atoms with E-state index in [0.29, 0.717) is 0 Å². The van der Waals surface area contributed by atoms with Gasteiger partial charge >= 0.3 is 0 Å². The van der Waals surface area contributed by atoms with Gasteiger partial charge in [0.1, 0.15) is 0 Å². The molecule has 0 radical (unpaired) electrons. The zero-order chi connectivity index (χ0) is 15.2. The number of rotatable bonds is 4. The van der Waals surface area contributed by atoms with Gasteiger partial charge in [-0.05, 0) is 47.9 Å². The number of para-hydroxylation sites is 1. The Labute approximate surface area is 130 Å². The average molecular weight is 287 g/mol. The van der Waals surface area contributed by atoms with Gasteiger partial charge in [-0.1, -0.05) is 59.8 Å². The van der Waals surface area contributed by atoms with Crippen LogP contribution < -0.4 is 5.43 Å². The van der Waals surface area contributed by atoms with Gasteiger partial charge in [0.05, 0.1) is 11.4 Å². The Bertz CT molecular complexity index is 762. The summed E-state index contributed by atoms with van der Waals surface area (Å²) >= 11 is 0. The molecule has 0 spiro atoms. The minimum atomic E-state index is 0.820. The summed E-state index contributed by atoms with van der Waals surface area (Å²) in [5.74, 6) is 0. The van der Waals surface area contributed by atoms with Crippen LogP contribution in [0.5, 0.6) is 0 Å². The second kappa shape index (κ2) is 6.68. The van der Waals surface area contributed by atoms with E-state index in [4.69, 9.17) is 0 Å². The number of aryl methyl sites for hydroxylation is 1. The van der Waals surface area contributed by atoms with Gasteiger partial charge in [-0.25, -0.2) is 0 Å². The van der Waals surface area contributed by atoms with E-state index in [2.05, 4.69) is 59.1 Å². The van der Waals surface area contributed by atoms with Crippen LogP contribution in [0, 0.1) is 6.92 Å². The molecule has 0 aliphatic heterocycles. The van der Waals surface area contributed by atoms with Crippen LogP contribution in [-0.2, 0) is 0 Å². The molecule has 0 unspecified atom stereocenters. The van der Waals surface area contributed by atoms with Crippen LogP contribution in [0.1, 0.15) is 5.56 Å². The SMILES string of the molecule is Cc1ccccc1-c1ccc(N=NNc2ccccc2)cc1. The van der Waals surface area contributed by atoms with Gasteiger partial charge in [-0.2, -0.15) is 0 Å². The maximum atomic E-state index is 4.17. The lowest BCUT2D eigenvalue weighted by atomic mass is 10.0. The Hall–Kier alpha value is -2.94. The molecule has 108 valence electrons. The summed E-state index contributed by atoms with van der Waals surface area (Å²) in [6.45, 7) is 2.12. The number of nitrogens with one attached hydrogen (secondary N) is 1. The van der Waals surface area contributed by atoms with Crippen molar-refractivity contribution in [1.82, 2.24) is 0 Å². The highest BCUT2D eigenvalue weighted by Crippen LogP contribution is 2.25. The van der Waals surface area contributed by atoms with E-state index in [1.165, 1.54) is 16.7 Å². The molecule has 3 aromatic rings. The summed E-state index contributed by atoms with van der Waals surface area (Å²) in [6, 6.07) is 26.2. The van der Waals surface area contributed by atoms with Gasteiger partial charge in [0.25, 0.3) is 0 Å². The van der Waals surface area contributed by atoms with E-state index < -0.39 is 0 Å². The second-order valence-corrected chi connectivity index (χ2v) is 5.04. The largest absolute Gasteiger partial charge is 0.260 e. The summed E-state index contributed by atoms with van der Waals surface area (Å²) in [5, 5.41) is 8.18. The molecule has 3 aromatic carbocycles. The highest BCUT2D eigenvalue weighted by molar-refractivity contribution is 5.68. The van der Waals surface area contributed by atoms with E-state index >= 15 is 0 Å². The van der Waals surface area contributed by atoms with Crippen LogP contribution in [0.25, 0.3) is 11.1 Å². The average Bonchev–Trinajstić information content (AvgIpc) is 2.57. The monoisotopic (exact) mass is 287 g/mol. The Morgan fingerprint density at radius 1 is 0.727 bits per heavy atom. The van der Waals surface area contributed by atoms with Crippen LogP contribution in [0.15, 0.2) is 89.2 Å². The van der Waals surface area contributed by atoms with Crippen molar-refractivity contribution in [2.45, 2.75) is 6.92 Å². The third kappa shape index (κ3) is 3.38. The normalized spacial score (nSPS) is 10.8. The molecule has 1 N–H and O–H groups in total. The molecular weight excluding hydrogens is 270 g/mol. The van der Waals surface area contributed by atoms with Gasteiger partial charge in [-0.15, -0.1) is 5.11 Å². The minimum Gasteiger partial charge on any atom is -0.260 e.